The smallest absolute Gasteiger partial charge is 0.448 e. The van der Waals surface area contributed by atoms with Gasteiger partial charge in [0.25, 0.3) is 0 Å². The number of ether oxygens (including phenoxy) is 2. The first-order chi connectivity index (χ1) is 20.6. The van der Waals surface area contributed by atoms with E-state index in [0.29, 0.717) is 29.0 Å². The molecule has 0 N–H and O–H groups in total. The van der Waals surface area contributed by atoms with Gasteiger partial charge in [-0.15, -0.1) is 18.3 Å². The number of aryl methyl sites for hydroxylation is 1. The number of carbonyl (C=O) groups is 1. The Hall–Kier alpha value is -4.58. The second-order valence-electron chi connectivity index (χ2n) is 10.1. The molecule has 3 aromatic carbocycles. The molecule has 1 atom stereocenters. The lowest BCUT2D eigenvalue weighted by Gasteiger charge is -2.30. The largest absolute Gasteiger partial charge is 0.573 e. The predicted octanol–water partition coefficient (Wildman–Crippen LogP) is 7.43. The van der Waals surface area contributed by atoms with Crippen LogP contribution < -0.4 is 9.64 Å². The minimum absolute atomic E-state index is 0.177. The van der Waals surface area contributed by atoms with Crippen LogP contribution in [0.15, 0.2) is 89.8 Å². The van der Waals surface area contributed by atoms with Crippen LogP contribution in [0.4, 0.5) is 23.7 Å². The maximum absolute atomic E-state index is 12.6. The van der Waals surface area contributed by atoms with Gasteiger partial charge in [0, 0.05) is 29.4 Å². The Morgan fingerprint density at radius 2 is 1.86 bits per heavy atom. The summed E-state index contributed by atoms with van der Waals surface area (Å²) in [6.45, 7) is 4.40. The molecule has 12 heteroatoms. The molecule has 1 fully saturated rings. The van der Waals surface area contributed by atoms with E-state index in [4.69, 9.17) is 4.74 Å². The third-order valence-electron chi connectivity index (χ3n) is 7.03. The number of halogens is 3. The normalized spacial score (nSPS) is 17.0. The zero-order valence-electron chi connectivity index (χ0n) is 23.2. The third-order valence-corrected chi connectivity index (χ3v) is 8.00. The molecule has 1 amide bonds. The zero-order chi connectivity index (χ0) is 30.1. The Labute approximate surface area is 249 Å². The number of aliphatic imine (C=N–C) groups is 1. The highest BCUT2D eigenvalue weighted by atomic mass is 32.2. The number of fused-ring (bicyclic) bond motifs is 3. The second-order valence-corrected chi connectivity index (χ2v) is 11.1. The van der Waals surface area contributed by atoms with Crippen LogP contribution in [-0.4, -0.2) is 44.7 Å². The van der Waals surface area contributed by atoms with E-state index in [1.54, 1.807) is 0 Å². The molecule has 2 aliphatic rings. The summed E-state index contributed by atoms with van der Waals surface area (Å²) in [6, 6.07) is 19.2. The van der Waals surface area contributed by atoms with E-state index in [1.165, 1.54) is 52.6 Å². The van der Waals surface area contributed by atoms with Gasteiger partial charge in [-0.2, -0.15) is 4.99 Å². The van der Waals surface area contributed by atoms with Crippen molar-refractivity contribution in [2.24, 2.45) is 4.99 Å². The number of benzene rings is 3. The minimum atomic E-state index is -4.75. The zero-order valence-corrected chi connectivity index (χ0v) is 24.0. The van der Waals surface area contributed by atoms with E-state index in [0.717, 1.165) is 33.8 Å². The summed E-state index contributed by atoms with van der Waals surface area (Å²) in [7, 11) is 0. The average Bonchev–Trinajstić information content (AvgIpc) is 3.61. The van der Waals surface area contributed by atoms with Crippen LogP contribution in [0.3, 0.4) is 0 Å². The third kappa shape index (κ3) is 6.43. The van der Waals surface area contributed by atoms with Crippen molar-refractivity contribution in [2.75, 3.05) is 17.3 Å². The molecular formula is C31H26F3N5O3S. The van der Waals surface area contributed by atoms with Gasteiger partial charge < -0.3 is 9.47 Å². The van der Waals surface area contributed by atoms with Gasteiger partial charge in [0.1, 0.15) is 12.1 Å². The van der Waals surface area contributed by atoms with Crippen LogP contribution in [0, 0.1) is 6.92 Å². The summed E-state index contributed by atoms with van der Waals surface area (Å²) < 4.78 is 48.0. The molecule has 2 aliphatic heterocycles. The van der Waals surface area contributed by atoms with Crippen molar-refractivity contribution in [3.8, 4) is 22.8 Å². The van der Waals surface area contributed by atoms with Crippen molar-refractivity contribution in [3.05, 3.63) is 102 Å². The van der Waals surface area contributed by atoms with Crippen LogP contribution in [0.1, 0.15) is 29.5 Å². The van der Waals surface area contributed by atoms with Crippen LogP contribution in [0.2, 0.25) is 0 Å². The summed E-state index contributed by atoms with van der Waals surface area (Å²) in [6.07, 6.45) is -1.17. The molecular weight excluding hydrogens is 579 g/mol. The number of amides is 1. The molecule has 4 aromatic rings. The molecule has 1 aromatic heterocycles. The summed E-state index contributed by atoms with van der Waals surface area (Å²) in [5, 5.41) is 5.04. The molecule has 220 valence electrons. The van der Waals surface area contributed by atoms with Crippen molar-refractivity contribution in [3.63, 3.8) is 0 Å². The molecule has 0 saturated carbocycles. The van der Waals surface area contributed by atoms with Gasteiger partial charge >= 0.3 is 12.5 Å². The fraction of sp³-hybridized carbons (Fsp3) is 0.226. The predicted molar refractivity (Wildman–Crippen MR) is 159 cm³/mol. The molecule has 0 bridgehead atoms. The molecule has 0 spiro atoms. The van der Waals surface area contributed by atoms with Crippen LogP contribution in [0.5, 0.6) is 5.75 Å². The molecule has 1 saturated heterocycles. The first-order valence-corrected chi connectivity index (χ1v) is 14.5. The minimum Gasteiger partial charge on any atom is -0.448 e. The standard InChI is InChI=1S/C31H26F3N5O3S/c1-19-3-12-26-20(2)16-24-17-43-29(39(24)27(26)15-19)36-30(40)41-14-13-21-4-6-22(7-5-21)28-35-18-38(37-28)23-8-10-25(11-9-23)42-31(32,33)34/h3-12,15-16,18,20H,13-14,17H2,1-2H3/b36-29-. The lowest BCUT2D eigenvalue weighted by Crippen LogP contribution is -2.27. The van der Waals surface area contributed by atoms with Crippen LogP contribution in [0.25, 0.3) is 17.1 Å². The quantitative estimate of drug-likeness (QED) is 0.226. The van der Waals surface area contributed by atoms with Crippen molar-refractivity contribution in [2.45, 2.75) is 32.5 Å². The number of thioether (sulfide) groups is 1. The van der Waals surface area contributed by atoms with E-state index in [9.17, 15) is 18.0 Å². The fourth-order valence-corrected chi connectivity index (χ4v) is 5.96. The number of hydrogen-bond acceptors (Lipinski definition) is 6. The first kappa shape index (κ1) is 28.5. The number of hydrogen-bond donors (Lipinski definition) is 0. The van der Waals surface area contributed by atoms with Crippen LogP contribution >= 0.6 is 11.8 Å². The molecule has 0 radical (unpaired) electrons. The van der Waals surface area contributed by atoms with Gasteiger partial charge in [-0.1, -0.05) is 61.2 Å². The Morgan fingerprint density at radius 1 is 1.09 bits per heavy atom. The second kappa shape index (κ2) is 11.6. The summed E-state index contributed by atoms with van der Waals surface area (Å²) in [5.74, 6) is 1.20. The van der Waals surface area contributed by atoms with E-state index in [1.807, 2.05) is 24.3 Å². The molecule has 1 unspecified atom stereocenters. The molecule has 43 heavy (non-hydrogen) atoms. The Kier molecular flexibility index (Phi) is 7.70. The summed E-state index contributed by atoms with van der Waals surface area (Å²) in [5.41, 5.74) is 6.80. The van der Waals surface area contributed by atoms with E-state index in [-0.39, 0.29) is 12.4 Å². The van der Waals surface area contributed by atoms with Gasteiger partial charge in [0.05, 0.1) is 18.0 Å². The number of carbonyl (C=O) groups excluding carboxylic acids is 1. The van der Waals surface area contributed by atoms with Gasteiger partial charge in [-0.3, -0.25) is 4.90 Å². The Bertz CT molecular complexity index is 1720. The summed E-state index contributed by atoms with van der Waals surface area (Å²) >= 11 is 1.53. The topological polar surface area (TPSA) is 81.8 Å². The van der Waals surface area contributed by atoms with Crippen molar-refractivity contribution >= 4 is 28.7 Å². The highest BCUT2D eigenvalue weighted by Gasteiger charge is 2.33. The highest BCUT2D eigenvalue weighted by Crippen LogP contribution is 2.43. The lowest BCUT2D eigenvalue weighted by molar-refractivity contribution is -0.274. The van der Waals surface area contributed by atoms with Gasteiger partial charge in [0.15, 0.2) is 11.0 Å². The number of amidine groups is 1. The molecule has 8 nitrogen and oxygen atoms in total. The molecule has 0 aliphatic carbocycles. The lowest BCUT2D eigenvalue weighted by atomic mass is 9.93. The molecule has 6 rings (SSSR count). The number of aromatic nitrogens is 3. The fourth-order valence-electron chi connectivity index (χ4n) is 4.97. The number of anilines is 1. The molecule has 3 heterocycles. The van der Waals surface area contributed by atoms with Crippen molar-refractivity contribution < 1.29 is 27.4 Å². The number of allylic oxidation sites excluding steroid dienone is 1. The van der Waals surface area contributed by atoms with E-state index < -0.39 is 12.5 Å². The number of nitrogens with zero attached hydrogens (tertiary/aromatic N) is 5. The first-order valence-electron chi connectivity index (χ1n) is 13.5. The van der Waals surface area contributed by atoms with Gasteiger partial charge in [-0.25, -0.2) is 14.5 Å². The average molecular weight is 606 g/mol. The van der Waals surface area contributed by atoms with Gasteiger partial charge in [-0.05, 0) is 53.9 Å². The maximum Gasteiger partial charge on any atom is 0.573 e. The maximum atomic E-state index is 12.6. The number of alkyl halides is 3. The van der Waals surface area contributed by atoms with E-state index in [2.05, 4.69) is 62.8 Å². The van der Waals surface area contributed by atoms with Crippen molar-refractivity contribution in [1.29, 1.82) is 0 Å². The highest BCUT2D eigenvalue weighted by molar-refractivity contribution is 8.14. The number of rotatable bonds is 6. The SMILES string of the molecule is Cc1ccc2c(c1)N1C(=CC2C)CS/C1=N\C(=O)OCCc1ccc(-c2ncn(-c3ccc(OC(F)(F)F)cc3)n2)cc1. The van der Waals surface area contributed by atoms with Gasteiger partial charge in [0.2, 0.25) is 0 Å². The Balaban J connectivity index is 1.04. The summed E-state index contributed by atoms with van der Waals surface area (Å²) in [4.78, 5) is 23.2. The van der Waals surface area contributed by atoms with Crippen LogP contribution in [-0.2, 0) is 11.2 Å². The Morgan fingerprint density at radius 3 is 2.60 bits per heavy atom. The monoisotopic (exact) mass is 605 g/mol. The van der Waals surface area contributed by atoms with E-state index >= 15 is 0 Å². The van der Waals surface area contributed by atoms with Crippen molar-refractivity contribution in [1.82, 2.24) is 14.8 Å².